The number of likely N-dealkylation sites (N-methyl/N-ethyl adjacent to an activating group) is 1. The van der Waals surface area contributed by atoms with Gasteiger partial charge in [-0.1, -0.05) is 6.07 Å². The molecule has 0 spiro atoms. The van der Waals surface area contributed by atoms with Gasteiger partial charge in [0.05, 0.1) is 11.6 Å². The molecule has 3 rings (SSSR count). The zero-order valence-corrected chi connectivity index (χ0v) is 10.4. The van der Waals surface area contributed by atoms with Crippen LogP contribution in [0, 0.1) is 12.7 Å². The van der Waals surface area contributed by atoms with Gasteiger partial charge in [0.15, 0.2) is 0 Å². The van der Waals surface area contributed by atoms with Crippen LogP contribution < -0.4 is 0 Å². The van der Waals surface area contributed by atoms with Crippen molar-refractivity contribution in [3.63, 3.8) is 0 Å². The zero-order chi connectivity index (χ0) is 12.2. The Morgan fingerprint density at radius 2 is 2.06 bits per heavy atom. The summed E-state index contributed by atoms with van der Waals surface area (Å²) in [6.07, 6.45) is 3.17. The Kier molecular flexibility index (Phi) is 2.26. The number of aryl methyl sites for hydroxylation is 1. The summed E-state index contributed by atoms with van der Waals surface area (Å²) >= 11 is 0. The Morgan fingerprint density at radius 3 is 2.71 bits per heavy atom. The van der Waals surface area contributed by atoms with Gasteiger partial charge < -0.3 is 9.47 Å². The van der Waals surface area contributed by atoms with Crippen molar-refractivity contribution in [3.05, 3.63) is 35.8 Å². The highest BCUT2D eigenvalue weighted by Gasteiger charge is 2.40. The van der Waals surface area contributed by atoms with Crippen LogP contribution in [0.25, 0.3) is 10.9 Å². The first-order valence-corrected chi connectivity index (χ1v) is 6.01. The highest BCUT2D eigenvalue weighted by molar-refractivity contribution is 5.82. The van der Waals surface area contributed by atoms with E-state index in [2.05, 4.69) is 23.6 Å². The Balaban J connectivity index is 2.06. The van der Waals surface area contributed by atoms with Crippen LogP contribution in [0.3, 0.4) is 0 Å². The summed E-state index contributed by atoms with van der Waals surface area (Å²) in [4.78, 5) is 2.24. The first-order chi connectivity index (χ1) is 8.09. The van der Waals surface area contributed by atoms with Crippen LogP contribution in [0.2, 0.25) is 0 Å². The standard InChI is InChI=1S/C14H17FN2/c1-9-4-5-11-10(14(9)15)6-7-17(11)13-8-12(13)16(2)3/h4-7,12-13H,8H2,1-3H3/t12?,13-/m0/s1. The molecule has 1 heterocycles. The largest absolute Gasteiger partial charge is 0.343 e. The van der Waals surface area contributed by atoms with Gasteiger partial charge in [0.2, 0.25) is 0 Å². The minimum atomic E-state index is -0.0803. The molecule has 1 fully saturated rings. The Labute approximate surface area is 101 Å². The number of hydrogen-bond donors (Lipinski definition) is 0. The Bertz CT molecular complexity index is 571. The average molecular weight is 232 g/mol. The van der Waals surface area contributed by atoms with Crippen LogP contribution in [0.15, 0.2) is 24.4 Å². The highest BCUT2D eigenvalue weighted by atomic mass is 19.1. The Morgan fingerprint density at radius 1 is 1.29 bits per heavy atom. The lowest BCUT2D eigenvalue weighted by Crippen LogP contribution is -2.17. The van der Waals surface area contributed by atoms with E-state index in [0.29, 0.717) is 12.1 Å². The number of rotatable bonds is 2. The predicted molar refractivity (Wildman–Crippen MR) is 67.8 cm³/mol. The van der Waals surface area contributed by atoms with Crippen molar-refractivity contribution in [2.45, 2.75) is 25.4 Å². The molecule has 2 aromatic rings. The van der Waals surface area contributed by atoms with Crippen molar-refractivity contribution >= 4 is 10.9 Å². The van der Waals surface area contributed by atoms with Gasteiger partial charge in [0.1, 0.15) is 5.82 Å². The fourth-order valence-electron chi connectivity index (χ4n) is 2.62. The fourth-order valence-corrected chi connectivity index (χ4v) is 2.62. The van der Waals surface area contributed by atoms with Crippen molar-refractivity contribution in [2.24, 2.45) is 0 Å². The lowest BCUT2D eigenvalue weighted by atomic mass is 10.1. The molecule has 0 bridgehead atoms. The van der Waals surface area contributed by atoms with Crippen LogP contribution in [0.1, 0.15) is 18.0 Å². The lowest BCUT2D eigenvalue weighted by molar-refractivity contribution is 0.377. The summed E-state index contributed by atoms with van der Waals surface area (Å²) in [5.41, 5.74) is 1.73. The van der Waals surface area contributed by atoms with Gasteiger partial charge in [-0.3, -0.25) is 0 Å². The molecule has 0 saturated heterocycles. The predicted octanol–water partition coefficient (Wildman–Crippen LogP) is 2.96. The second-order valence-electron chi connectivity index (χ2n) is 5.19. The quantitative estimate of drug-likeness (QED) is 0.773. The summed E-state index contributed by atoms with van der Waals surface area (Å²) in [6, 6.07) is 6.88. The van der Waals surface area contributed by atoms with Gasteiger partial charge in [-0.05, 0) is 45.1 Å². The third-order valence-corrected chi connectivity index (χ3v) is 3.77. The summed E-state index contributed by atoms with van der Waals surface area (Å²) < 4.78 is 16.1. The first kappa shape index (κ1) is 10.8. The van der Waals surface area contributed by atoms with E-state index in [1.54, 1.807) is 0 Å². The zero-order valence-electron chi connectivity index (χ0n) is 10.4. The van der Waals surface area contributed by atoms with Gasteiger partial charge in [-0.15, -0.1) is 0 Å². The summed E-state index contributed by atoms with van der Waals surface area (Å²) in [5.74, 6) is -0.0803. The van der Waals surface area contributed by atoms with Crippen molar-refractivity contribution in [1.82, 2.24) is 9.47 Å². The maximum Gasteiger partial charge on any atom is 0.135 e. The molecular weight excluding hydrogens is 215 g/mol. The molecule has 17 heavy (non-hydrogen) atoms. The van der Waals surface area contributed by atoms with E-state index in [4.69, 9.17) is 0 Å². The molecule has 0 amide bonds. The molecule has 2 atom stereocenters. The van der Waals surface area contributed by atoms with Gasteiger partial charge in [0.25, 0.3) is 0 Å². The second kappa shape index (κ2) is 3.57. The number of halogens is 1. The third-order valence-electron chi connectivity index (χ3n) is 3.77. The van der Waals surface area contributed by atoms with Gasteiger partial charge in [-0.2, -0.15) is 0 Å². The molecule has 0 radical (unpaired) electrons. The molecule has 1 saturated carbocycles. The lowest BCUT2D eigenvalue weighted by Gasteiger charge is -2.10. The minimum Gasteiger partial charge on any atom is -0.343 e. The smallest absolute Gasteiger partial charge is 0.135 e. The van der Waals surface area contributed by atoms with E-state index < -0.39 is 0 Å². The monoisotopic (exact) mass is 232 g/mol. The number of hydrogen-bond acceptors (Lipinski definition) is 1. The van der Waals surface area contributed by atoms with E-state index in [1.807, 2.05) is 31.3 Å². The number of nitrogens with zero attached hydrogens (tertiary/aromatic N) is 2. The van der Waals surface area contributed by atoms with Gasteiger partial charge in [0, 0.05) is 17.6 Å². The molecule has 1 unspecified atom stereocenters. The molecular formula is C14H17FN2. The van der Waals surface area contributed by atoms with E-state index in [1.165, 1.54) is 0 Å². The number of fused-ring (bicyclic) bond motifs is 1. The van der Waals surface area contributed by atoms with Crippen molar-refractivity contribution in [1.29, 1.82) is 0 Å². The minimum absolute atomic E-state index is 0.0803. The van der Waals surface area contributed by atoms with Crippen molar-refractivity contribution in [3.8, 4) is 0 Å². The van der Waals surface area contributed by atoms with E-state index in [9.17, 15) is 4.39 Å². The van der Waals surface area contributed by atoms with Crippen LogP contribution in [0.4, 0.5) is 4.39 Å². The first-order valence-electron chi connectivity index (χ1n) is 6.01. The molecule has 0 N–H and O–H groups in total. The van der Waals surface area contributed by atoms with Gasteiger partial charge >= 0.3 is 0 Å². The topological polar surface area (TPSA) is 8.17 Å². The molecule has 1 aromatic heterocycles. The molecule has 2 nitrogen and oxygen atoms in total. The molecule has 0 aliphatic heterocycles. The molecule has 1 aliphatic carbocycles. The highest BCUT2D eigenvalue weighted by Crippen LogP contribution is 2.41. The summed E-state index contributed by atoms with van der Waals surface area (Å²) in [6.45, 7) is 1.81. The third kappa shape index (κ3) is 1.57. The van der Waals surface area contributed by atoms with Crippen LogP contribution in [-0.4, -0.2) is 29.6 Å². The summed E-state index contributed by atoms with van der Waals surface area (Å²) in [5, 5.41) is 0.745. The fraction of sp³-hybridized carbons (Fsp3) is 0.429. The number of benzene rings is 1. The maximum atomic E-state index is 13.9. The molecule has 1 aliphatic rings. The van der Waals surface area contributed by atoms with E-state index in [0.717, 1.165) is 22.9 Å². The van der Waals surface area contributed by atoms with Crippen LogP contribution in [0.5, 0.6) is 0 Å². The van der Waals surface area contributed by atoms with Crippen molar-refractivity contribution < 1.29 is 4.39 Å². The van der Waals surface area contributed by atoms with Crippen LogP contribution in [-0.2, 0) is 0 Å². The molecule has 1 aromatic carbocycles. The second-order valence-corrected chi connectivity index (χ2v) is 5.19. The normalized spacial score (nSPS) is 23.6. The van der Waals surface area contributed by atoms with Crippen LogP contribution >= 0.6 is 0 Å². The van der Waals surface area contributed by atoms with E-state index in [-0.39, 0.29) is 5.82 Å². The average Bonchev–Trinajstić information content (AvgIpc) is 2.97. The molecule has 3 heteroatoms. The van der Waals surface area contributed by atoms with Crippen molar-refractivity contribution in [2.75, 3.05) is 14.1 Å². The SMILES string of the molecule is Cc1ccc2c(ccn2[C@H]2CC2N(C)C)c1F. The molecule has 90 valence electrons. The maximum absolute atomic E-state index is 13.9. The van der Waals surface area contributed by atoms with E-state index >= 15 is 0 Å². The summed E-state index contributed by atoms with van der Waals surface area (Å²) in [7, 11) is 4.20. The van der Waals surface area contributed by atoms with Gasteiger partial charge in [-0.25, -0.2) is 4.39 Å². The number of aromatic nitrogens is 1. The Hall–Kier alpha value is -1.35.